The largest absolute Gasteiger partial charge is 0.507 e. The molecule has 0 bridgehead atoms. The van der Waals surface area contributed by atoms with Crippen molar-refractivity contribution in [1.29, 1.82) is 0 Å². The van der Waals surface area contributed by atoms with Crippen molar-refractivity contribution in [2.45, 2.75) is 11.8 Å². The number of carboxylic acid groups (broad SMARTS) is 1. The molecule has 0 aromatic heterocycles. The number of sulfonamides is 1. The van der Waals surface area contributed by atoms with Gasteiger partial charge in [-0.1, -0.05) is 0 Å². The highest BCUT2D eigenvalue weighted by Crippen LogP contribution is 2.25. The Morgan fingerprint density at radius 3 is 2.33 bits per heavy atom. The maximum atomic E-state index is 11.9. The van der Waals surface area contributed by atoms with Crippen molar-refractivity contribution < 1.29 is 23.4 Å². The number of aryl methyl sites for hydroxylation is 1. The van der Waals surface area contributed by atoms with E-state index in [4.69, 9.17) is 5.11 Å². The van der Waals surface area contributed by atoms with Crippen LogP contribution in [0.5, 0.6) is 5.75 Å². The molecule has 0 unspecified atom stereocenters. The third-order valence-corrected chi connectivity index (χ3v) is 3.74. The highest BCUT2D eigenvalue weighted by Gasteiger charge is 2.22. The first-order valence-corrected chi connectivity index (χ1v) is 6.40. The molecule has 0 aliphatic heterocycles. The quantitative estimate of drug-likeness (QED) is 0.675. The van der Waals surface area contributed by atoms with Crippen LogP contribution in [0, 0.1) is 6.92 Å². The van der Waals surface area contributed by atoms with Crippen LogP contribution >= 0.6 is 0 Å². The number of aromatic hydroxyl groups is 1. The summed E-state index contributed by atoms with van der Waals surface area (Å²) in [6, 6.07) is 2.03. The van der Waals surface area contributed by atoms with E-state index in [2.05, 4.69) is 4.83 Å². The van der Waals surface area contributed by atoms with Crippen molar-refractivity contribution in [2.75, 3.05) is 14.1 Å². The third kappa shape index (κ3) is 2.97. The number of nitrogens with zero attached hydrogens (tertiary/aromatic N) is 1. The molecule has 0 saturated carbocycles. The Morgan fingerprint density at radius 1 is 1.33 bits per heavy atom. The van der Waals surface area contributed by atoms with Crippen molar-refractivity contribution in [3.8, 4) is 5.75 Å². The predicted octanol–water partition coefficient (Wildman–Crippen LogP) is 0.154. The second-order valence-corrected chi connectivity index (χ2v) is 5.56. The average molecular weight is 274 g/mol. The number of aromatic carboxylic acids is 1. The Kier molecular flexibility index (Phi) is 3.95. The summed E-state index contributed by atoms with van der Waals surface area (Å²) in [5, 5.41) is 19.5. The second-order valence-electron chi connectivity index (χ2n) is 3.93. The molecule has 0 amide bonds. The van der Waals surface area contributed by atoms with E-state index in [9.17, 15) is 18.3 Å². The Hall–Kier alpha value is -1.64. The Bertz CT molecular complexity index is 580. The summed E-state index contributed by atoms with van der Waals surface area (Å²) in [7, 11) is -0.879. The third-order valence-electron chi connectivity index (χ3n) is 2.12. The van der Waals surface area contributed by atoms with Crippen molar-refractivity contribution in [3.05, 3.63) is 23.3 Å². The van der Waals surface area contributed by atoms with Crippen molar-refractivity contribution in [3.63, 3.8) is 0 Å². The highest BCUT2D eigenvalue weighted by atomic mass is 32.2. The molecule has 3 N–H and O–H groups in total. The topological polar surface area (TPSA) is 107 Å². The van der Waals surface area contributed by atoms with Gasteiger partial charge in [0.15, 0.2) is 0 Å². The molecule has 100 valence electrons. The molecule has 0 heterocycles. The minimum atomic E-state index is -3.86. The fraction of sp³-hybridized carbons (Fsp3) is 0.300. The number of carbonyl (C=O) groups is 1. The van der Waals surface area contributed by atoms with Crippen LogP contribution in [-0.4, -0.2) is 43.7 Å². The summed E-state index contributed by atoms with van der Waals surface area (Å²) < 4.78 is 23.8. The second kappa shape index (κ2) is 4.92. The standard InChI is InChI=1S/C10H14N2O5S/c1-6-4-8(13)7(10(14)15)5-9(6)18(16,17)11-12(2)3/h4-5,11,13H,1-3H3,(H,14,15). The van der Waals surface area contributed by atoms with Crippen LogP contribution in [-0.2, 0) is 10.0 Å². The monoisotopic (exact) mass is 274 g/mol. The van der Waals surface area contributed by atoms with E-state index in [1.54, 1.807) is 0 Å². The first kappa shape index (κ1) is 14.4. The van der Waals surface area contributed by atoms with Gasteiger partial charge in [-0.25, -0.2) is 18.2 Å². The molecule has 7 nitrogen and oxygen atoms in total. The SMILES string of the molecule is Cc1cc(O)c(C(=O)O)cc1S(=O)(=O)NN(C)C. The number of carboxylic acids is 1. The van der Waals surface area contributed by atoms with E-state index in [-0.39, 0.29) is 10.5 Å². The molecular formula is C10H14N2O5S. The van der Waals surface area contributed by atoms with Crippen molar-refractivity contribution >= 4 is 16.0 Å². The number of hydrogen-bond acceptors (Lipinski definition) is 5. The number of hydrogen-bond donors (Lipinski definition) is 3. The minimum absolute atomic E-state index is 0.189. The molecule has 8 heteroatoms. The van der Waals surface area contributed by atoms with Gasteiger partial charge < -0.3 is 10.2 Å². The lowest BCUT2D eigenvalue weighted by Crippen LogP contribution is -2.36. The van der Waals surface area contributed by atoms with Gasteiger partial charge in [-0.2, -0.15) is 0 Å². The van der Waals surface area contributed by atoms with Crippen LogP contribution in [0.2, 0.25) is 0 Å². The number of rotatable bonds is 4. The summed E-state index contributed by atoms with van der Waals surface area (Å²) in [6.07, 6.45) is 0. The zero-order chi connectivity index (χ0) is 14.1. The summed E-state index contributed by atoms with van der Waals surface area (Å²) in [5.74, 6) is -1.86. The van der Waals surface area contributed by atoms with E-state index in [1.807, 2.05) is 0 Å². The van der Waals surface area contributed by atoms with Crippen LogP contribution in [0.1, 0.15) is 15.9 Å². The van der Waals surface area contributed by atoms with Crippen LogP contribution < -0.4 is 4.83 Å². The van der Waals surface area contributed by atoms with Gasteiger partial charge in [-0.3, -0.25) is 0 Å². The number of hydrazine groups is 1. The summed E-state index contributed by atoms with van der Waals surface area (Å²) in [6.45, 7) is 1.47. The zero-order valence-electron chi connectivity index (χ0n) is 10.1. The molecule has 1 aromatic rings. The summed E-state index contributed by atoms with van der Waals surface area (Å²) in [5.41, 5.74) is -0.202. The van der Waals surface area contributed by atoms with E-state index in [1.165, 1.54) is 26.0 Å². The van der Waals surface area contributed by atoms with Gasteiger partial charge in [-0.15, -0.1) is 4.83 Å². The van der Waals surface area contributed by atoms with Gasteiger partial charge in [0.25, 0.3) is 10.0 Å². The number of phenols is 1. The smallest absolute Gasteiger partial charge is 0.339 e. The highest BCUT2D eigenvalue weighted by molar-refractivity contribution is 7.89. The molecule has 0 spiro atoms. The molecule has 1 rings (SSSR count). The molecular weight excluding hydrogens is 260 g/mol. The fourth-order valence-corrected chi connectivity index (χ4v) is 2.76. The lowest BCUT2D eigenvalue weighted by Gasteiger charge is -2.15. The molecule has 1 aromatic carbocycles. The maximum Gasteiger partial charge on any atom is 0.339 e. The zero-order valence-corrected chi connectivity index (χ0v) is 10.9. The minimum Gasteiger partial charge on any atom is -0.507 e. The summed E-state index contributed by atoms with van der Waals surface area (Å²) in [4.78, 5) is 12.9. The first-order valence-electron chi connectivity index (χ1n) is 4.92. The van der Waals surface area contributed by atoms with Gasteiger partial charge in [0.1, 0.15) is 11.3 Å². The van der Waals surface area contributed by atoms with E-state index in [0.717, 1.165) is 12.1 Å². The van der Waals surface area contributed by atoms with Gasteiger partial charge in [0.05, 0.1) is 4.90 Å². The molecule has 0 fully saturated rings. The van der Waals surface area contributed by atoms with E-state index in [0.29, 0.717) is 0 Å². The van der Waals surface area contributed by atoms with Gasteiger partial charge in [0.2, 0.25) is 0 Å². The number of nitrogens with one attached hydrogen (secondary N) is 1. The van der Waals surface area contributed by atoms with Gasteiger partial charge >= 0.3 is 5.97 Å². The fourth-order valence-electron chi connectivity index (χ4n) is 1.42. The van der Waals surface area contributed by atoms with Crippen LogP contribution in [0.15, 0.2) is 17.0 Å². The molecule has 18 heavy (non-hydrogen) atoms. The van der Waals surface area contributed by atoms with Crippen LogP contribution in [0.25, 0.3) is 0 Å². The van der Waals surface area contributed by atoms with E-state index >= 15 is 0 Å². The van der Waals surface area contributed by atoms with Crippen molar-refractivity contribution in [2.24, 2.45) is 0 Å². The summed E-state index contributed by atoms with van der Waals surface area (Å²) >= 11 is 0. The maximum absolute atomic E-state index is 11.9. The molecule has 0 radical (unpaired) electrons. The van der Waals surface area contributed by atoms with Gasteiger partial charge in [0, 0.05) is 14.1 Å². The average Bonchev–Trinajstić information content (AvgIpc) is 2.13. The molecule has 0 aliphatic carbocycles. The number of benzene rings is 1. The molecule has 0 saturated heterocycles. The van der Waals surface area contributed by atoms with Crippen molar-refractivity contribution in [1.82, 2.24) is 9.84 Å². The lowest BCUT2D eigenvalue weighted by atomic mass is 10.1. The van der Waals surface area contributed by atoms with Crippen LogP contribution in [0.4, 0.5) is 0 Å². The predicted molar refractivity (Wildman–Crippen MR) is 63.8 cm³/mol. The Morgan fingerprint density at radius 2 is 1.89 bits per heavy atom. The first-order chi connectivity index (χ1) is 8.15. The Balaban J connectivity index is 3.42. The molecule has 0 aliphatic rings. The normalized spacial score (nSPS) is 11.8. The molecule has 0 atom stereocenters. The Labute approximate surface area is 105 Å². The van der Waals surface area contributed by atoms with E-state index < -0.39 is 27.3 Å². The lowest BCUT2D eigenvalue weighted by molar-refractivity contribution is 0.0693. The van der Waals surface area contributed by atoms with Crippen LogP contribution in [0.3, 0.4) is 0 Å². The van der Waals surface area contributed by atoms with Gasteiger partial charge in [-0.05, 0) is 24.6 Å².